The fourth-order valence-electron chi connectivity index (χ4n) is 7.69. The maximum atomic E-state index is 14.1. The van der Waals surface area contributed by atoms with Crippen molar-refractivity contribution in [3.05, 3.63) is 215 Å². The minimum atomic E-state index is -2.04. The van der Waals surface area contributed by atoms with Gasteiger partial charge in [0.25, 0.3) is 0 Å². The maximum Gasteiger partial charge on any atom is 0.338 e. The van der Waals surface area contributed by atoms with Gasteiger partial charge in [0.1, 0.15) is 24.9 Å². The minimum absolute atomic E-state index is 0.0458. The van der Waals surface area contributed by atoms with E-state index in [-0.39, 0.29) is 33.4 Å². The summed E-state index contributed by atoms with van der Waals surface area (Å²) in [7, 11) is 0. The highest BCUT2D eigenvalue weighted by Crippen LogP contribution is 2.34. The van der Waals surface area contributed by atoms with Crippen molar-refractivity contribution in [2.45, 2.75) is 61.4 Å². The largest absolute Gasteiger partial charge is 0.459 e. The van der Waals surface area contributed by atoms with Gasteiger partial charge in [-0.05, 0) is 72.8 Å². The van der Waals surface area contributed by atoms with Gasteiger partial charge in [0.2, 0.25) is 0 Å². The molecule has 0 unspecified atom stereocenters. The lowest BCUT2D eigenvalue weighted by Crippen LogP contribution is -2.64. The Kier molecular flexibility index (Phi) is 16.3. The van der Waals surface area contributed by atoms with Crippen LogP contribution in [0.1, 0.15) is 62.1 Å². The van der Waals surface area contributed by atoms with Crippen LogP contribution in [0.5, 0.6) is 0 Å². The summed E-state index contributed by atoms with van der Waals surface area (Å²) in [5, 5.41) is 23.4. The molecule has 0 aromatic heterocycles. The molecule has 2 saturated heterocycles. The molecule has 0 amide bonds. The summed E-state index contributed by atoms with van der Waals surface area (Å²) in [4.78, 5) is 82.2. The van der Waals surface area contributed by atoms with Gasteiger partial charge in [-0.3, -0.25) is 0 Å². The van der Waals surface area contributed by atoms with Gasteiger partial charge >= 0.3 is 35.8 Å². The second-order valence-electron chi connectivity index (χ2n) is 16.1. The van der Waals surface area contributed by atoms with Crippen molar-refractivity contribution in [2.75, 3.05) is 13.2 Å². The standard InChI is InChI=1S/C54H46O17/c55-41-39(65-53(62)45(70-51(60)37-27-15-5-16-28-37)43(41)68-49(58)35-23-11-3-12-24-35)31-64-54-46(71-52(61)38-29-17-6-18-30-38)44(69-50(59)36-25-13-4-14-26-36)42(67-48(57)34-21-9-2-10-22-34)40(66-54)32-63-47(56)33-19-7-1-8-20-33/h1-30,39-46,53-55,62H,31-32H2/t39-,40-,41-,42-,43+,44+,45-,46-,53-,54-/m1/s1. The number of benzene rings is 6. The number of carbonyl (C=O) groups excluding carboxylic acids is 6. The van der Waals surface area contributed by atoms with Crippen molar-refractivity contribution in [3.8, 4) is 0 Å². The van der Waals surface area contributed by atoms with Crippen LogP contribution < -0.4 is 0 Å². The molecule has 364 valence electrons. The Morgan fingerprint density at radius 3 is 1.07 bits per heavy atom. The van der Waals surface area contributed by atoms with Crippen LogP contribution in [0.25, 0.3) is 0 Å². The summed E-state index contributed by atoms with van der Waals surface area (Å²) in [5.74, 6) is -5.51. The van der Waals surface area contributed by atoms with Crippen LogP contribution in [0.4, 0.5) is 0 Å². The maximum absolute atomic E-state index is 14.1. The van der Waals surface area contributed by atoms with Gasteiger partial charge in [0.05, 0.1) is 40.0 Å². The van der Waals surface area contributed by atoms with E-state index >= 15 is 0 Å². The number of hydrogen-bond donors (Lipinski definition) is 2. The van der Waals surface area contributed by atoms with Gasteiger partial charge in [-0.2, -0.15) is 0 Å². The fourth-order valence-corrected chi connectivity index (χ4v) is 7.69. The van der Waals surface area contributed by atoms with Crippen molar-refractivity contribution < 1.29 is 81.6 Å². The Balaban J connectivity index is 1.14. The van der Waals surface area contributed by atoms with Gasteiger partial charge in [-0.1, -0.05) is 109 Å². The molecule has 6 aromatic carbocycles. The summed E-state index contributed by atoms with van der Waals surface area (Å²) in [6.07, 6.45) is -17.8. The molecule has 17 heteroatoms. The monoisotopic (exact) mass is 966 g/mol. The van der Waals surface area contributed by atoms with Crippen LogP contribution in [0.3, 0.4) is 0 Å². The first kappa shape index (κ1) is 49.4. The number of ether oxygens (including phenoxy) is 9. The molecule has 2 fully saturated rings. The average Bonchev–Trinajstić information content (AvgIpc) is 3.42. The molecule has 71 heavy (non-hydrogen) atoms. The van der Waals surface area contributed by atoms with E-state index in [1.165, 1.54) is 72.8 Å². The van der Waals surface area contributed by atoms with Crippen LogP contribution in [0, 0.1) is 0 Å². The van der Waals surface area contributed by atoms with Gasteiger partial charge in [-0.25, -0.2) is 28.8 Å². The Morgan fingerprint density at radius 2 is 0.676 bits per heavy atom. The molecule has 10 atom stereocenters. The zero-order valence-electron chi connectivity index (χ0n) is 37.5. The highest BCUT2D eigenvalue weighted by Gasteiger charge is 2.55. The summed E-state index contributed by atoms with van der Waals surface area (Å²) in [6.45, 7) is -1.42. The predicted molar refractivity (Wildman–Crippen MR) is 246 cm³/mol. The molecule has 6 aromatic rings. The van der Waals surface area contributed by atoms with Crippen molar-refractivity contribution in [1.29, 1.82) is 0 Å². The van der Waals surface area contributed by atoms with Crippen molar-refractivity contribution in [1.82, 2.24) is 0 Å². The normalized spacial score (nSPS) is 23.7. The predicted octanol–water partition coefficient (Wildman–Crippen LogP) is 5.79. The quantitative estimate of drug-likeness (QED) is 0.0864. The van der Waals surface area contributed by atoms with Crippen LogP contribution in [0.2, 0.25) is 0 Å². The van der Waals surface area contributed by atoms with E-state index in [1.54, 1.807) is 109 Å². The van der Waals surface area contributed by atoms with E-state index in [0.717, 1.165) is 0 Å². The molecule has 0 aliphatic carbocycles. The zero-order valence-corrected chi connectivity index (χ0v) is 37.5. The number of carbonyl (C=O) groups is 6. The number of rotatable bonds is 16. The molecule has 2 N–H and O–H groups in total. The van der Waals surface area contributed by atoms with Crippen LogP contribution in [-0.4, -0.2) is 121 Å². The van der Waals surface area contributed by atoms with Gasteiger partial charge < -0.3 is 52.8 Å². The van der Waals surface area contributed by atoms with E-state index in [4.69, 9.17) is 42.6 Å². The Bertz CT molecular complexity index is 2730. The molecule has 17 nitrogen and oxygen atoms in total. The van der Waals surface area contributed by atoms with E-state index in [0.29, 0.717) is 0 Å². The van der Waals surface area contributed by atoms with Crippen molar-refractivity contribution >= 4 is 35.8 Å². The SMILES string of the molecule is O=C(OC[C@H]1O[C@@H](OC[C@H]2O[C@@H](O)[C@H](OC(=O)c3ccccc3)[C@@H](OC(=O)c3ccccc3)[C@@H]2O)[C@H](OC(=O)c2ccccc2)[C@@H](OC(=O)c2ccccc2)[C@@H]1OC(=O)c1ccccc1)c1ccccc1. The molecule has 2 aliphatic rings. The molecule has 0 radical (unpaired) electrons. The molecule has 8 rings (SSSR count). The first-order valence-corrected chi connectivity index (χ1v) is 22.3. The van der Waals surface area contributed by atoms with Crippen LogP contribution in [-0.2, 0) is 42.6 Å². The number of aliphatic hydroxyl groups excluding tert-OH is 2. The number of hydrogen-bond acceptors (Lipinski definition) is 17. The molecule has 0 spiro atoms. The first-order chi connectivity index (χ1) is 34.5. The highest BCUT2D eigenvalue weighted by molar-refractivity contribution is 5.92. The lowest BCUT2D eigenvalue weighted by Gasteiger charge is -2.45. The van der Waals surface area contributed by atoms with E-state index < -0.39 is 110 Å². The van der Waals surface area contributed by atoms with Crippen molar-refractivity contribution in [3.63, 3.8) is 0 Å². The number of esters is 6. The molecular formula is C54H46O17. The summed E-state index contributed by atoms with van der Waals surface area (Å²) >= 11 is 0. The lowest BCUT2D eigenvalue weighted by atomic mass is 9.97. The highest BCUT2D eigenvalue weighted by atomic mass is 16.7. The third-order valence-corrected chi connectivity index (χ3v) is 11.3. The summed E-state index contributed by atoms with van der Waals surface area (Å²) in [5.41, 5.74) is 0.484. The molecular weight excluding hydrogens is 921 g/mol. The summed E-state index contributed by atoms with van der Waals surface area (Å²) < 4.78 is 53.8. The fraction of sp³-hybridized carbons (Fsp3) is 0.222. The van der Waals surface area contributed by atoms with E-state index in [9.17, 15) is 39.0 Å². The molecule has 2 heterocycles. The molecule has 0 saturated carbocycles. The molecule has 2 aliphatic heterocycles. The van der Waals surface area contributed by atoms with Crippen molar-refractivity contribution in [2.24, 2.45) is 0 Å². The molecule has 0 bridgehead atoms. The van der Waals surface area contributed by atoms with Gasteiger partial charge in [0, 0.05) is 0 Å². The van der Waals surface area contributed by atoms with E-state index in [2.05, 4.69) is 0 Å². The van der Waals surface area contributed by atoms with E-state index in [1.807, 2.05) is 0 Å². The minimum Gasteiger partial charge on any atom is -0.459 e. The Hall–Kier alpha value is -8.06. The first-order valence-electron chi connectivity index (χ1n) is 22.3. The second kappa shape index (κ2) is 23.5. The smallest absolute Gasteiger partial charge is 0.338 e. The van der Waals surface area contributed by atoms with Crippen LogP contribution in [0.15, 0.2) is 182 Å². The Labute approximate surface area is 406 Å². The number of aliphatic hydroxyl groups is 2. The zero-order chi connectivity index (χ0) is 49.7. The van der Waals surface area contributed by atoms with Gasteiger partial charge in [-0.15, -0.1) is 0 Å². The topological polar surface area (TPSA) is 226 Å². The van der Waals surface area contributed by atoms with Crippen LogP contribution >= 0.6 is 0 Å². The second-order valence-corrected chi connectivity index (χ2v) is 16.1. The third-order valence-electron chi connectivity index (χ3n) is 11.3. The average molecular weight is 967 g/mol. The Morgan fingerprint density at radius 1 is 0.352 bits per heavy atom. The van der Waals surface area contributed by atoms with Gasteiger partial charge in [0.15, 0.2) is 43.1 Å². The summed E-state index contributed by atoms with van der Waals surface area (Å²) in [6, 6.07) is 46.7. The lowest BCUT2D eigenvalue weighted by molar-refractivity contribution is -0.323. The third kappa shape index (κ3) is 12.4.